The summed E-state index contributed by atoms with van der Waals surface area (Å²) in [4.78, 5) is 30.9. The summed E-state index contributed by atoms with van der Waals surface area (Å²) in [7, 11) is 0. The number of pyridine rings is 1. The summed E-state index contributed by atoms with van der Waals surface area (Å²) in [6.07, 6.45) is 3.11. The Bertz CT molecular complexity index is 1140. The molecule has 1 N–H and O–H groups in total. The number of carbonyl (C=O) groups excluding carboxylic acids is 2. The first-order chi connectivity index (χ1) is 14.5. The van der Waals surface area contributed by atoms with E-state index < -0.39 is 35.1 Å². The van der Waals surface area contributed by atoms with Gasteiger partial charge in [-0.2, -0.15) is 0 Å². The number of aliphatic hydroxyl groups is 1. The number of benzene rings is 2. The fraction of sp³-hybridized carbons (Fsp3) is 0.0870. The van der Waals surface area contributed by atoms with Gasteiger partial charge in [-0.15, -0.1) is 0 Å². The Balaban J connectivity index is 1.88. The molecule has 1 aliphatic rings. The SMILES string of the molecule is O=C1C(=O)N(Cc2cccnc2)C(c2ccccc2F)/C1=C(/O)c1ccc(F)cc1. The van der Waals surface area contributed by atoms with E-state index in [-0.39, 0.29) is 23.2 Å². The number of halogens is 2. The normalized spacial score (nSPS) is 18.1. The molecular formula is C23H16F2N2O3. The molecule has 2 heterocycles. The summed E-state index contributed by atoms with van der Waals surface area (Å²) < 4.78 is 28.0. The van der Waals surface area contributed by atoms with Gasteiger partial charge in [0.1, 0.15) is 17.4 Å². The van der Waals surface area contributed by atoms with E-state index in [2.05, 4.69) is 4.98 Å². The van der Waals surface area contributed by atoms with Crippen LogP contribution in [0.1, 0.15) is 22.7 Å². The third kappa shape index (κ3) is 3.45. The van der Waals surface area contributed by atoms with E-state index in [1.54, 1.807) is 24.4 Å². The zero-order chi connectivity index (χ0) is 21.3. The first kappa shape index (κ1) is 19.4. The van der Waals surface area contributed by atoms with Gasteiger partial charge in [0.05, 0.1) is 11.6 Å². The molecule has 0 saturated carbocycles. The minimum Gasteiger partial charge on any atom is -0.507 e. The zero-order valence-corrected chi connectivity index (χ0v) is 15.6. The van der Waals surface area contributed by atoms with Crippen LogP contribution in [0.5, 0.6) is 0 Å². The number of hydrogen-bond donors (Lipinski definition) is 1. The molecule has 150 valence electrons. The molecular weight excluding hydrogens is 390 g/mol. The van der Waals surface area contributed by atoms with Crippen molar-refractivity contribution >= 4 is 17.4 Å². The minimum atomic E-state index is -1.14. The van der Waals surface area contributed by atoms with Crippen LogP contribution < -0.4 is 0 Å². The van der Waals surface area contributed by atoms with E-state index in [4.69, 9.17) is 0 Å². The molecule has 0 radical (unpaired) electrons. The Morgan fingerprint density at radius 3 is 2.40 bits per heavy atom. The Kier molecular flexibility index (Phi) is 5.10. The Morgan fingerprint density at radius 1 is 1.00 bits per heavy atom. The van der Waals surface area contributed by atoms with Crippen LogP contribution in [0.2, 0.25) is 0 Å². The van der Waals surface area contributed by atoms with Crippen molar-refractivity contribution in [2.24, 2.45) is 0 Å². The van der Waals surface area contributed by atoms with Crippen LogP contribution in [0.25, 0.3) is 5.76 Å². The molecule has 1 atom stereocenters. The minimum absolute atomic E-state index is 0.00237. The van der Waals surface area contributed by atoms with Crippen molar-refractivity contribution in [3.05, 3.63) is 107 Å². The molecule has 1 amide bonds. The fourth-order valence-corrected chi connectivity index (χ4v) is 3.51. The number of Topliss-reactive ketones (excluding diaryl/α,β-unsaturated/α-hetero) is 1. The van der Waals surface area contributed by atoms with Crippen LogP contribution >= 0.6 is 0 Å². The predicted molar refractivity (Wildman–Crippen MR) is 105 cm³/mol. The summed E-state index contributed by atoms with van der Waals surface area (Å²) >= 11 is 0. The maximum atomic E-state index is 14.7. The summed E-state index contributed by atoms with van der Waals surface area (Å²) in [6, 6.07) is 12.8. The van der Waals surface area contributed by atoms with Crippen molar-refractivity contribution < 1.29 is 23.5 Å². The van der Waals surface area contributed by atoms with E-state index in [0.29, 0.717) is 5.56 Å². The molecule has 7 heteroatoms. The summed E-state index contributed by atoms with van der Waals surface area (Å²) in [5, 5.41) is 10.8. The molecule has 0 bridgehead atoms. The van der Waals surface area contributed by atoms with Gasteiger partial charge in [-0.05, 0) is 42.0 Å². The second-order valence-corrected chi connectivity index (χ2v) is 6.82. The monoisotopic (exact) mass is 406 g/mol. The predicted octanol–water partition coefficient (Wildman–Crippen LogP) is 3.98. The van der Waals surface area contributed by atoms with Crippen molar-refractivity contribution in [3.8, 4) is 0 Å². The van der Waals surface area contributed by atoms with Crippen LogP contribution in [0.15, 0.2) is 78.6 Å². The standard InChI is InChI=1S/C23H16F2N2O3/c24-16-9-7-15(8-10-16)21(28)19-20(17-5-1-2-6-18(17)25)27(23(30)22(19)29)13-14-4-3-11-26-12-14/h1-12,20,28H,13H2/b21-19-. The van der Waals surface area contributed by atoms with Crippen LogP contribution in [-0.4, -0.2) is 26.7 Å². The smallest absolute Gasteiger partial charge is 0.295 e. The number of aromatic nitrogens is 1. The molecule has 1 unspecified atom stereocenters. The highest BCUT2D eigenvalue weighted by Gasteiger charge is 2.46. The molecule has 2 aromatic carbocycles. The second kappa shape index (κ2) is 7.87. The van der Waals surface area contributed by atoms with Crippen molar-refractivity contribution in [1.82, 2.24) is 9.88 Å². The number of hydrogen-bond acceptors (Lipinski definition) is 4. The molecule has 1 aliphatic heterocycles. The molecule has 30 heavy (non-hydrogen) atoms. The molecule has 0 spiro atoms. The number of nitrogens with zero attached hydrogens (tertiary/aromatic N) is 2. The molecule has 3 aromatic rings. The number of amides is 1. The maximum absolute atomic E-state index is 14.7. The highest BCUT2D eigenvalue weighted by molar-refractivity contribution is 6.46. The van der Waals surface area contributed by atoms with Crippen molar-refractivity contribution in [2.45, 2.75) is 12.6 Å². The first-order valence-corrected chi connectivity index (χ1v) is 9.15. The lowest BCUT2D eigenvalue weighted by atomic mass is 9.95. The topological polar surface area (TPSA) is 70.5 Å². The number of ketones is 1. The molecule has 1 aromatic heterocycles. The lowest BCUT2D eigenvalue weighted by Gasteiger charge is -2.25. The number of carbonyl (C=O) groups is 2. The van der Waals surface area contributed by atoms with Gasteiger partial charge < -0.3 is 10.0 Å². The Labute approximate surface area is 170 Å². The van der Waals surface area contributed by atoms with E-state index in [1.807, 2.05) is 0 Å². The lowest BCUT2D eigenvalue weighted by Crippen LogP contribution is -2.29. The maximum Gasteiger partial charge on any atom is 0.295 e. The Morgan fingerprint density at radius 2 is 1.73 bits per heavy atom. The van der Waals surface area contributed by atoms with E-state index in [1.165, 1.54) is 41.4 Å². The molecule has 1 saturated heterocycles. The third-order valence-electron chi connectivity index (χ3n) is 4.93. The van der Waals surface area contributed by atoms with Gasteiger partial charge in [0.25, 0.3) is 11.7 Å². The van der Waals surface area contributed by atoms with E-state index >= 15 is 0 Å². The van der Waals surface area contributed by atoms with Crippen molar-refractivity contribution in [2.75, 3.05) is 0 Å². The quantitative estimate of drug-likeness (QED) is 0.404. The highest BCUT2D eigenvalue weighted by Crippen LogP contribution is 2.41. The third-order valence-corrected chi connectivity index (χ3v) is 4.93. The largest absolute Gasteiger partial charge is 0.507 e. The number of likely N-dealkylation sites (tertiary alicyclic amines) is 1. The van der Waals surface area contributed by atoms with Crippen LogP contribution in [-0.2, 0) is 16.1 Å². The zero-order valence-electron chi connectivity index (χ0n) is 15.6. The summed E-state index contributed by atoms with van der Waals surface area (Å²) in [5.41, 5.74) is 0.615. The van der Waals surface area contributed by atoms with Gasteiger partial charge in [0, 0.05) is 30.1 Å². The summed E-state index contributed by atoms with van der Waals surface area (Å²) in [5.74, 6) is -3.43. The molecule has 4 rings (SSSR count). The van der Waals surface area contributed by atoms with Crippen molar-refractivity contribution in [1.29, 1.82) is 0 Å². The highest BCUT2D eigenvalue weighted by atomic mass is 19.1. The van der Waals surface area contributed by atoms with Gasteiger partial charge in [0.15, 0.2) is 0 Å². The van der Waals surface area contributed by atoms with Gasteiger partial charge in [-0.3, -0.25) is 14.6 Å². The van der Waals surface area contributed by atoms with Gasteiger partial charge in [-0.1, -0.05) is 24.3 Å². The molecule has 0 aliphatic carbocycles. The van der Waals surface area contributed by atoms with Gasteiger partial charge in [0.2, 0.25) is 0 Å². The fourth-order valence-electron chi connectivity index (χ4n) is 3.51. The van der Waals surface area contributed by atoms with Gasteiger partial charge >= 0.3 is 0 Å². The molecule has 1 fully saturated rings. The first-order valence-electron chi connectivity index (χ1n) is 9.15. The van der Waals surface area contributed by atoms with E-state index in [9.17, 15) is 23.5 Å². The summed E-state index contributed by atoms with van der Waals surface area (Å²) in [6.45, 7) is -0.00237. The average Bonchev–Trinajstić information content (AvgIpc) is 3.00. The van der Waals surface area contributed by atoms with Crippen LogP contribution in [0.4, 0.5) is 8.78 Å². The van der Waals surface area contributed by atoms with Crippen LogP contribution in [0.3, 0.4) is 0 Å². The average molecular weight is 406 g/mol. The van der Waals surface area contributed by atoms with E-state index in [0.717, 1.165) is 12.1 Å². The lowest BCUT2D eigenvalue weighted by molar-refractivity contribution is -0.140. The van der Waals surface area contributed by atoms with Gasteiger partial charge in [-0.25, -0.2) is 8.78 Å². The number of rotatable bonds is 4. The number of aliphatic hydroxyl groups excluding tert-OH is 1. The molecule has 5 nitrogen and oxygen atoms in total. The second-order valence-electron chi connectivity index (χ2n) is 6.82. The van der Waals surface area contributed by atoms with Crippen molar-refractivity contribution in [3.63, 3.8) is 0 Å². The Hall–Kier alpha value is -3.87. The van der Waals surface area contributed by atoms with Crippen LogP contribution in [0, 0.1) is 11.6 Å².